The molecule has 1 aromatic carbocycles. The van der Waals surface area contributed by atoms with Crippen LogP contribution in [0.25, 0.3) is 11.0 Å². The minimum absolute atomic E-state index is 0.000492. The van der Waals surface area contributed by atoms with E-state index in [2.05, 4.69) is 0 Å². The Balaban J connectivity index is 2.07. The predicted octanol–water partition coefficient (Wildman–Crippen LogP) is 1.62. The number of benzene rings is 1. The zero-order valence-corrected chi connectivity index (χ0v) is 13.5. The Morgan fingerprint density at radius 1 is 1.04 bits per heavy atom. The molecule has 0 saturated heterocycles. The molecule has 0 bridgehead atoms. The Labute approximate surface area is 141 Å². The Morgan fingerprint density at radius 2 is 1.72 bits per heavy atom. The van der Waals surface area contributed by atoms with E-state index in [1.54, 1.807) is 24.3 Å². The van der Waals surface area contributed by atoms with Gasteiger partial charge in [0.15, 0.2) is 0 Å². The van der Waals surface area contributed by atoms with Gasteiger partial charge in [-0.3, -0.25) is 9.59 Å². The highest BCUT2D eigenvalue weighted by molar-refractivity contribution is 6.21. The number of Topliss-reactive ketones (excluding diaryl/α,β-unsaturated/α-hetero) is 1. The Bertz CT molecular complexity index is 1010. The van der Waals surface area contributed by atoms with Crippen LogP contribution in [0.15, 0.2) is 56.6 Å². The molecule has 1 aromatic heterocycles. The molecule has 3 rings (SSSR count). The Kier molecular flexibility index (Phi) is 4.14. The molecule has 1 N–H and O–H groups in total. The quantitative estimate of drug-likeness (QED) is 0.665. The van der Waals surface area contributed by atoms with Gasteiger partial charge >= 0.3 is 5.63 Å². The summed E-state index contributed by atoms with van der Waals surface area (Å²) in [7, 11) is 2.49. The predicted molar refractivity (Wildman–Crippen MR) is 87.0 cm³/mol. The lowest BCUT2D eigenvalue weighted by molar-refractivity contribution is -0.120. The minimum Gasteiger partial charge on any atom is -0.507 e. The highest BCUT2D eigenvalue weighted by Crippen LogP contribution is 2.29. The first-order valence-electron chi connectivity index (χ1n) is 7.33. The maximum absolute atomic E-state index is 12.5. The van der Waals surface area contributed by atoms with Crippen LogP contribution in [0.1, 0.15) is 5.56 Å². The summed E-state index contributed by atoms with van der Waals surface area (Å²) in [6, 6.07) is 6.48. The second-order valence-electron chi connectivity index (χ2n) is 5.32. The number of rotatable bonds is 4. The van der Waals surface area contributed by atoms with Crippen molar-refractivity contribution in [3.63, 3.8) is 0 Å². The molecule has 0 amide bonds. The van der Waals surface area contributed by atoms with E-state index in [1.807, 2.05) is 0 Å². The van der Waals surface area contributed by atoms with Crippen molar-refractivity contribution in [3.05, 3.63) is 63.4 Å². The number of carbonyl (C=O) groups excluding carboxylic acids is 2. The van der Waals surface area contributed by atoms with Crippen LogP contribution >= 0.6 is 0 Å². The van der Waals surface area contributed by atoms with Crippen LogP contribution in [0.5, 0.6) is 5.75 Å². The van der Waals surface area contributed by atoms with Crippen molar-refractivity contribution in [1.29, 1.82) is 0 Å². The molecule has 25 heavy (non-hydrogen) atoms. The van der Waals surface area contributed by atoms with E-state index >= 15 is 0 Å². The number of carbonyl (C=O) groups is 2. The summed E-state index contributed by atoms with van der Waals surface area (Å²) in [5.74, 6) is -1.88. The standard InChI is InChI=1S/C18H14O7/c1-23-16-12(19)8-9(14(20)17(16)24-2)7-11-15(21)10-5-3-4-6-13(10)25-18(11)22/h3-6,8,21H,7H2,1-2H3. The highest BCUT2D eigenvalue weighted by Gasteiger charge is 2.32. The Hall–Kier alpha value is -3.35. The summed E-state index contributed by atoms with van der Waals surface area (Å²) >= 11 is 0. The monoisotopic (exact) mass is 342 g/mol. The average Bonchev–Trinajstić information content (AvgIpc) is 2.60. The molecular formula is C18H14O7. The molecule has 1 aliphatic carbocycles. The van der Waals surface area contributed by atoms with E-state index in [-0.39, 0.29) is 40.4 Å². The maximum Gasteiger partial charge on any atom is 0.343 e. The van der Waals surface area contributed by atoms with Gasteiger partial charge in [-0.25, -0.2) is 4.79 Å². The van der Waals surface area contributed by atoms with E-state index in [1.165, 1.54) is 14.2 Å². The fourth-order valence-corrected chi connectivity index (χ4v) is 2.68. The van der Waals surface area contributed by atoms with Crippen LogP contribution in [0.4, 0.5) is 0 Å². The van der Waals surface area contributed by atoms with Gasteiger partial charge in [-0.2, -0.15) is 0 Å². The third kappa shape index (κ3) is 2.69. The smallest absolute Gasteiger partial charge is 0.343 e. The lowest BCUT2D eigenvalue weighted by Crippen LogP contribution is -2.24. The van der Waals surface area contributed by atoms with Crippen LogP contribution in [0.2, 0.25) is 0 Å². The first-order valence-corrected chi connectivity index (χ1v) is 7.33. The number of fused-ring (bicyclic) bond motifs is 1. The van der Waals surface area contributed by atoms with Gasteiger partial charge in [0.25, 0.3) is 0 Å². The van der Waals surface area contributed by atoms with Crippen molar-refractivity contribution in [2.24, 2.45) is 0 Å². The lowest BCUT2D eigenvalue weighted by atomic mass is 9.94. The fourth-order valence-electron chi connectivity index (χ4n) is 2.68. The normalized spacial score (nSPS) is 14.7. The summed E-state index contributed by atoms with van der Waals surface area (Å²) in [5, 5.41) is 10.7. The topological polar surface area (TPSA) is 103 Å². The van der Waals surface area contributed by atoms with Gasteiger partial charge in [-0.1, -0.05) is 12.1 Å². The van der Waals surface area contributed by atoms with E-state index in [0.29, 0.717) is 5.39 Å². The molecule has 0 spiro atoms. The van der Waals surface area contributed by atoms with E-state index in [9.17, 15) is 19.5 Å². The molecule has 2 aromatic rings. The number of hydrogen-bond donors (Lipinski definition) is 1. The molecule has 0 atom stereocenters. The lowest BCUT2D eigenvalue weighted by Gasteiger charge is -2.17. The van der Waals surface area contributed by atoms with Crippen molar-refractivity contribution in [1.82, 2.24) is 0 Å². The van der Waals surface area contributed by atoms with E-state index in [0.717, 1.165) is 6.08 Å². The van der Waals surface area contributed by atoms with Crippen molar-refractivity contribution in [2.45, 2.75) is 6.42 Å². The second-order valence-corrected chi connectivity index (χ2v) is 5.32. The van der Waals surface area contributed by atoms with E-state index in [4.69, 9.17) is 13.9 Å². The molecule has 0 fully saturated rings. The molecule has 7 heteroatoms. The van der Waals surface area contributed by atoms with Crippen molar-refractivity contribution in [3.8, 4) is 5.75 Å². The van der Waals surface area contributed by atoms with Gasteiger partial charge in [0, 0.05) is 12.0 Å². The van der Waals surface area contributed by atoms with Gasteiger partial charge in [0.05, 0.1) is 25.2 Å². The second kappa shape index (κ2) is 6.27. The van der Waals surface area contributed by atoms with Gasteiger partial charge < -0.3 is 19.0 Å². The summed E-state index contributed by atoms with van der Waals surface area (Å²) in [5.41, 5.74) is -0.659. The largest absolute Gasteiger partial charge is 0.507 e. The van der Waals surface area contributed by atoms with Crippen molar-refractivity contribution >= 4 is 22.5 Å². The molecule has 7 nitrogen and oxygen atoms in total. The van der Waals surface area contributed by atoms with Crippen molar-refractivity contribution < 1.29 is 28.6 Å². The van der Waals surface area contributed by atoms with Gasteiger partial charge in [0.2, 0.25) is 23.1 Å². The van der Waals surface area contributed by atoms with Crippen LogP contribution in [0, 0.1) is 0 Å². The average molecular weight is 342 g/mol. The number of ether oxygens (including phenoxy) is 2. The summed E-state index contributed by atoms with van der Waals surface area (Å²) in [4.78, 5) is 36.7. The molecular weight excluding hydrogens is 328 g/mol. The third-order valence-corrected chi connectivity index (χ3v) is 3.89. The van der Waals surface area contributed by atoms with Crippen LogP contribution < -0.4 is 5.63 Å². The molecule has 0 saturated carbocycles. The number of allylic oxidation sites excluding steroid dienone is 2. The van der Waals surface area contributed by atoms with Gasteiger partial charge in [-0.15, -0.1) is 0 Å². The van der Waals surface area contributed by atoms with Gasteiger partial charge in [-0.05, 0) is 18.2 Å². The van der Waals surface area contributed by atoms with Gasteiger partial charge in [0.1, 0.15) is 11.3 Å². The zero-order valence-electron chi connectivity index (χ0n) is 13.5. The molecule has 0 radical (unpaired) electrons. The fraction of sp³-hybridized carbons (Fsp3) is 0.167. The highest BCUT2D eigenvalue weighted by atomic mass is 16.5. The molecule has 1 aliphatic rings. The van der Waals surface area contributed by atoms with E-state index < -0.39 is 17.2 Å². The van der Waals surface area contributed by atoms with Crippen molar-refractivity contribution in [2.75, 3.05) is 14.2 Å². The molecule has 0 unspecified atom stereocenters. The van der Waals surface area contributed by atoms with Crippen LogP contribution in [-0.4, -0.2) is 30.9 Å². The molecule has 0 aliphatic heterocycles. The Morgan fingerprint density at radius 3 is 2.40 bits per heavy atom. The maximum atomic E-state index is 12.5. The first kappa shape index (κ1) is 16.5. The summed E-state index contributed by atoms with van der Waals surface area (Å²) in [6.07, 6.45) is 0.797. The molecule has 128 valence electrons. The minimum atomic E-state index is -0.780. The number of aromatic hydroxyl groups is 1. The zero-order chi connectivity index (χ0) is 18.1. The molecule has 1 heterocycles. The number of ketones is 2. The van der Waals surface area contributed by atoms with Crippen LogP contribution in [-0.2, 0) is 25.5 Å². The third-order valence-electron chi connectivity index (χ3n) is 3.89. The number of para-hydroxylation sites is 1. The first-order chi connectivity index (χ1) is 12.0. The number of methoxy groups -OCH3 is 2. The SMILES string of the molecule is COC1=C(OC)C(=O)C(Cc2c(O)c3ccccc3oc2=O)=CC1=O. The summed E-state index contributed by atoms with van der Waals surface area (Å²) < 4.78 is 15.0. The van der Waals surface area contributed by atoms with Crippen LogP contribution in [0.3, 0.4) is 0 Å². The summed E-state index contributed by atoms with van der Waals surface area (Å²) in [6.45, 7) is 0. The number of hydrogen-bond acceptors (Lipinski definition) is 7.